The molecule has 0 aliphatic heterocycles. The Hall–Kier alpha value is -2.87. The zero-order valence-electron chi connectivity index (χ0n) is 11.2. The molecule has 3 rings (SSSR count). The molecule has 0 N–H and O–H groups in total. The maximum atomic E-state index is 9.18. The van der Waals surface area contributed by atoms with Crippen LogP contribution in [0.3, 0.4) is 0 Å². The fraction of sp³-hybridized carbons (Fsp3) is 0.133. The third kappa shape index (κ3) is 1.88. The van der Waals surface area contributed by atoms with Gasteiger partial charge < -0.3 is 4.74 Å². The number of nitrogens with zero attached hydrogens (tertiary/aromatic N) is 4. The van der Waals surface area contributed by atoms with E-state index < -0.39 is 0 Å². The Kier molecular flexibility index (Phi) is 2.84. The summed E-state index contributed by atoms with van der Waals surface area (Å²) in [6, 6.07) is 13.5. The first-order valence-corrected chi connectivity index (χ1v) is 6.14. The Morgan fingerprint density at radius 3 is 2.85 bits per heavy atom. The minimum atomic E-state index is 0.463. The highest BCUT2D eigenvalue weighted by Crippen LogP contribution is 2.22. The first-order chi connectivity index (χ1) is 9.72. The van der Waals surface area contributed by atoms with Crippen molar-refractivity contribution < 1.29 is 4.74 Å². The van der Waals surface area contributed by atoms with Gasteiger partial charge in [-0.1, -0.05) is 12.1 Å². The van der Waals surface area contributed by atoms with Crippen molar-refractivity contribution in [1.82, 2.24) is 14.6 Å². The number of aryl methyl sites for hydroxylation is 1. The number of benzene rings is 1. The molecule has 0 atom stereocenters. The van der Waals surface area contributed by atoms with E-state index in [1.165, 1.54) is 0 Å². The van der Waals surface area contributed by atoms with Crippen molar-refractivity contribution in [2.24, 2.45) is 0 Å². The summed E-state index contributed by atoms with van der Waals surface area (Å²) in [4.78, 5) is 4.31. The zero-order valence-corrected chi connectivity index (χ0v) is 11.2. The highest BCUT2D eigenvalue weighted by molar-refractivity contribution is 5.62. The number of aromatic nitrogens is 3. The summed E-state index contributed by atoms with van der Waals surface area (Å²) >= 11 is 0. The standard InChI is InChI=1S/C15H12N4O/c1-10-14(9-16)19-15(17-10)7-6-13(18-19)11-4-3-5-12(8-11)20-2/h3-8H,1-2H3. The molecule has 0 amide bonds. The molecule has 0 bridgehead atoms. The van der Waals surface area contributed by atoms with Gasteiger partial charge in [0.15, 0.2) is 11.3 Å². The number of fused-ring (bicyclic) bond motifs is 1. The molecule has 2 heterocycles. The molecule has 0 fully saturated rings. The van der Waals surface area contributed by atoms with Crippen molar-refractivity contribution in [1.29, 1.82) is 5.26 Å². The SMILES string of the molecule is COc1cccc(-c2ccc3nc(C)c(C#N)n3n2)c1. The predicted molar refractivity (Wildman–Crippen MR) is 74.4 cm³/mol. The molecule has 0 spiro atoms. The maximum Gasteiger partial charge on any atom is 0.165 e. The fourth-order valence-corrected chi connectivity index (χ4v) is 2.11. The lowest BCUT2D eigenvalue weighted by Crippen LogP contribution is -1.97. The van der Waals surface area contributed by atoms with Crippen molar-refractivity contribution in [3.05, 3.63) is 47.8 Å². The quantitative estimate of drug-likeness (QED) is 0.713. The number of hydrogen-bond acceptors (Lipinski definition) is 4. The van der Waals surface area contributed by atoms with Gasteiger partial charge in [-0.3, -0.25) is 0 Å². The van der Waals surface area contributed by atoms with E-state index in [1.807, 2.05) is 36.4 Å². The summed E-state index contributed by atoms with van der Waals surface area (Å²) in [7, 11) is 1.63. The van der Waals surface area contributed by atoms with Crippen LogP contribution in [0.4, 0.5) is 0 Å². The smallest absolute Gasteiger partial charge is 0.165 e. The molecule has 20 heavy (non-hydrogen) atoms. The minimum Gasteiger partial charge on any atom is -0.497 e. The Morgan fingerprint density at radius 1 is 1.25 bits per heavy atom. The molecule has 0 aliphatic rings. The number of rotatable bonds is 2. The molecule has 1 aromatic carbocycles. The molecule has 98 valence electrons. The number of imidazole rings is 1. The third-order valence-electron chi connectivity index (χ3n) is 3.12. The lowest BCUT2D eigenvalue weighted by molar-refractivity contribution is 0.415. The van der Waals surface area contributed by atoms with Crippen LogP contribution in [0, 0.1) is 18.3 Å². The predicted octanol–water partition coefficient (Wildman–Crippen LogP) is 2.58. The summed E-state index contributed by atoms with van der Waals surface area (Å²) in [5.41, 5.74) is 3.52. The van der Waals surface area contributed by atoms with Gasteiger partial charge in [0.25, 0.3) is 0 Å². The Morgan fingerprint density at radius 2 is 2.10 bits per heavy atom. The fourth-order valence-electron chi connectivity index (χ4n) is 2.11. The van der Waals surface area contributed by atoms with Gasteiger partial charge in [0.05, 0.1) is 18.5 Å². The molecule has 0 saturated carbocycles. The Bertz CT molecular complexity index is 829. The van der Waals surface area contributed by atoms with E-state index in [4.69, 9.17) is 4.74 Å². The minimum absolute atomic E-state index is 0.463. The summed E-state index contributed by atoms with van der Waals surface area (Å²) < 4.78 is 6.79. The van der Waals surface area contributed by atoms with E-state index in [0.717, 1.165) is 17.0 Å². The van der Waals surface area contributed by atoms with Crippen LogP contribution in [0.5, 0.6) is 5.75 Å². The molecule has 0 aliphatic carbocycles. The van der Waals surface area contributed by atoms with Gasteiger partial charge >= 0.3 is 0 Å². The van der Waals surface area contributed by atoms with Crippen LogP contribution in [0.15, 0.2) is 36.4 Å². The number of hydrogen-bond donors (Lipinski definition) is 0. The van der Waals surface area contributed by atoms with Crippen LogP contribution in [-0.2, 0) is 0 Å². The van der Waals surface area contributed by atoms with E-state index in [2.05, 4.69) is 16.2 Å². The van der Waals surface area contributed by atoms with Gasteiger partial charge in [-0.05, 0) is 31.2 Å². The third-order valence-corrected chi connectivity index (χ3v) is 3.12. The number of nitriles is 1. The van der Waals surface area contributed by atoms with E-state index in [0.29, 0.717) is 17.0 Å². The zero-order chi connectivity index (χ0) is 14.1. The summed E-state index contributed by atoms with van der Waals surface area (Å²) in [5.74, 6) is 0.770. The largest absolute Gasteiger partial charge is 0.497 e. The van der Waals surface area contributed by atoms with Gasteiger partial charge in [-0.15, -0.1) is 0 Å². The van der Waals surface area contributed by atoms with Crippen molar-refractivity contribution in [3.63, 3.8) is 0 Å². The van der Waals surface area contributed by atoms with Crippen molar-refractivity contribution >= 4 is 5.65 Å². The van der Waals surface area contributed by atoms with Crippen LogP contribution < -0.4 is 4.74 Å². The molecule has 3 aromatic rings. The van der Waals surface area contributed by atoms with Crippen LogP contribution in [0.25, 0.3) is 16.9 Å². The van der Waals surface area contributed by atoms with Gasteiger partial charge in [-0.25, -0.2) is 9.50 Å². The van der Waals surface area contributed by atoms with Crippen molar-refractivity contribution in [3.8, 4) is 23.1 Å². The first-order valence-electron chi connectivity index (χ1n) is 6.14. The molecule has 5 nitrogen and oxygen atoms in total. The molecule has 0 radical (unpaired) electrons. The highest BCUT2D eigenvalue weighted by atomic mass is 16.5. The van der Waals surface area contributed by atoms with Crippen molar-refractivity contribution in [2.75, 3.05) is 7.11 Å². The summed E-state index contributed by atoms with van der Waals surface area (Å²) in [5, 5.41) is 13.7. The monoisotopic (exact) mass is 264 g/mol. The number of ether oxygens (including phenoxy) is 1. The Labute approximate surface area is 116 Å². The highest BCUT2D eigenvalue weighted by Gasteiger charge is 2.10. The molecular weight excluding hydrogens is 252 g/mol. The molecular formula is C15H12N4O. The lowest BCUT2D eigenvalue weighted by atomic mass is 10.1. The van der Waals surface area contributed by atoms with E-state index >= 15 is 0 Å². The topological polar surface area (TPSA) is 63.2 Å². The van der Waals surface area contributed by atoms with E-state index in [9.17, 15) is 5.26 Å². The Balaban J connectivity index is 2.19. The van der Waals surface area contributed by atoms with E-state index in [-0.39, 0.29) is 0 Å². The second kappa shape index (κ2) is 4.67. The summed E-state index contributed by atoms with van der Waals surface area (Å²) in [6.45, 7) is 1.80. The lowest BCUT2D eigenvalue weighted by Gasteiger charge is -2.04. The van der Waals surface area contributed by atoms with Gasteiger partial charge in [0.2, 0.25) is 0 Å². The second-order valence-corrected chi connectivity index (χ2v) is 4.38. The summed E-state index contributed by atoms with van der Waals surface area (Å²) in [6.07, 6.45) is 0. The van der Waals surface area contributed by atoms with Crippen LogP contribution in [0.2, 0.25) is 0 Å². The van der Waals surface area contributed by atoms with Crippen LogP contribution >= 0.6 is 0 Å². The van der Waals surface area contributed by atoms with Gasteiger partial charge in [0, 0.05) is 5.56 Å². The number of methoxy groups -OCH3 is 1. The normalized spacial score (nSPS) is 10.4. The molecule has 0 saturated heterocycles. The van der Waals surface area contributed by atoms with Crippen LogP contribution in [-0.4, -0.2) is 21.7 Å². The van der Waals surface area contributed by atoms with Gasteiger partial charge in [0.1, 0.15) is 11.8 Å². The van der Waals surface area contributed by atoms with Crippen molar-refractivity contribution in [2.45, 2.75) is 6.92 Å². The average molecular weight is 264 g/mol. The average Bonchev–Trinajstić information content (AvgIpc) is 2.81. The van der Waals surface area contributed by atoms with Crippen LogP contribution in [0.1, 0.15) is 11.4 Å². The molecule has 5 heteroatoms. The molecule has 2 aromatic heterocycles. The van der Waals surface area contributed by atoms with Gasteiger partial charge in [-0.2, -0.15) is 10.4 Å². The second-order valence-electron chi connectivity index (χ2n) is 4.38. The van der Waals surface area contributed by atoms with E-state index in [1.54, 1.807) is 18.5 Å². The molecule has 0 unspecified atom stereocenters. The maximum absolute atomic E-state index is 9.18. The first kappa shape index (κ1) is 12.2.